The van der Waals surface area contributed by atoms with Gasteiger partial charge in [-0.25, -0.2) is 0 Å². The van der Waals surface area contributed by atoms with Gasteiger partial charge in [0.1, 0.15) is 0 Å². The summed E-state index contributed by atoms with van der Waals surface area (Å²) in [6, 6.07) is 91.8. The molecule has 0 aliphatic carbocycles. The van der Waals surface area contributed by atoms with Crippen molar-refractivity contribution in [2.75, 3.05) is 9.80 Å². The van der Waals surface area contributed by atoms with Gasteiger partial charge in [0.15, 0.2) is 0 Å². The molecule has 0 N–H and O–H groups in total. The van der Waals surface area contributed by atoms with Crippen molar-refractivity contribution in [3.8, 4) is 22.5 Å². The van der Waals surface area contributed by atoms with Crippen LogP contribution >= 0.6 is 0 Å². The van der Waals surface area contributed by atoms with Crippen molar-refractivity contribution in [3.05, 3.63) is 255 Å². The van der Waals surface area contributed by atoms with Crippen LogP contribution in [-0.4, -0.2) is 9.13 Å². The van der Waals surface area contributed by atoms with Gasteiger partial charge in [-0.2, -0.15) is 0 Å². The SMILES string of the molecule is c1ccc(N(c2cccc(-c3cccc(N(c4ccccc4)c4ccc5c(c4)c4ccccc4n5-c4ccccc4)c3)c2)c2ccc3c(c2)c2ccccc2n3-c2ccccc2)cc1. The molecule has 0 amide bonds. The van der Waals surface area contributed by atoms with Crippen LogP contribution < -0.4 is 9.80 Å². The third kappa shape index (κ3) is 6.40. The van der Waals surface area contributed by atoms with Crippen molar-refractivity contribution in [1.82, 2.24) is 9.13 Å². The van der Waals surface area contributed by atoms with Gasteiger partial charge in [0.25, 0.3) is 0 Å². The molecule has 0 fully saturated rings. The number of hydrogen-bond donors (Lipinski definition) is 0. The molecule has 2 aromatic heterocycles. The van der Waals surface area contributed by atoms with Crippen molar-refractivity contribution >= 4 is 77.7 Å². The summed E-state index contributed by atoms with van der Waals surface area (Å²) in [6.45, 7) is 0. The minimum absolute atomic E-state index is 1.08. The van der Waals surface area contributed by atoms with E-state index in [0.29, 0.717) is 0 Å². The van der Waals surface area contributed by atoms with Crippen molar-refractivity contribution in [2.24, 2.45) is 0 Å². The minimum Gasteiger partial charge on any atom is -0.310 e. The highest BCUT2D eigenvalue weighted by Crippen LogP contribution is 2.43. The molecule has 2 heterocycles. The molecule has 0 radical (unpaired) electrons. The standard InChI is InChI=1S/C60H42N4/c1-5-21-45(22-6-1)61(51-35-37-59-55(41-51)53-31-13-15-33-57(53)63(59)47-25-9-3-10-26-47)49-29-17-19-43(39-49)44-20-18-30-50(40-44)62(46-23-7-2-8-24-46)52-36-38-60-56(42-52)54-32-14-16-34-58(54)64(60)48-27-11-4-12-28-48/h1-42H. The lowest BCUT2D eigenvalue weighted by molar-refractivity contribution is 1.18. The summed E-state index contributed by atoms with van der Waals surface area (Å²) in [5.74, 6) is 0. The summed E-state index contributed by atoms with van der Waals surface area (Å²) in [6.07, 6.45) is 0. The first-order chi connectivity index (χ1) is 31.8. The van der Waals surface area contributed by atoms with E-state index in [1.807, 2.05) is 0 Å². The molecule has 4 heteroatoms. The van der Waals surface area contributed by atoms with Crippen LogP contribution in [0.1, 0.15) is 0 Å². The molecule has 0 saturated heterocycles. The van der Waals surface area contributed by atoms with E-state index in [-0.39, 0.29) is 0 Å². The van der Waals surface area contributed by atoms with Crippen LogP contribution in [0.25, 0.3) is 66.1 Å². The predicted octanol–water partition coefficient (Wildman–Crippen LogP) is 16.5. The Kier molecular flexibility index (Phi) is 9.12. The third-order valence-corrected chi connectivity index (χ3v) is 12.4. The smallest absolute Gasteiger partial charge is 0.0542 e. The summed E-state index contributed by atoms with van der Waals surface area (Å²) in [5.41, 5.74) is 15.9. The molecular formula is C60H42N4. The van der Waals surface area contributed by atoms with Crippen LogP contribution in [-0.2, 0) is 0 Å². The van der Waals surface area contributed by atoms with E-state index >= 15 is 0 Å². The Morgan fingerprint density at radius 1 is 0.219 bits per heavy atom. The first-order valence-electron chi connectivity index (χ1n) is 21.8. The molecular weight excluding hydrogens is 777 g/mol. The summed E-state index contributed by atoms with van der Waals surface area (Å²) < 4.78 is 4.74. The summed E-state index contributed by atoms with van der Waals surface area (Å²) in [5, 5.41) is 4.88. The molecule has 10 aromatic carbocycles. The maximum Gasteiger partial charge on any atom is 0.0542 e. The fraction of sp³-hybridized carbons (Fsp3) is 0. The highest BCUT2D eigenvalue weighted by atomic mass is 15.1. The number of anilines is 6. The van der Waals surface area contributed by atoms with Gasteiger partial charge in [-0.05, 0) is 132 Å². The lowest BCUT2D eigenvalue weighted by Crippen LogP contribution is -2.10. The van der Waals surface area contributed by atoms with Crippen molar-refractivity contribution in [2.45, 2.75) is 0 Å². The number of rotatable bonds is 9. The van der Waals surface area contributed by atoms with Crippen LogP contribution in [0.3, 0.4) is 0 Å². The van der Waals surface area contributed by atoms with Crippen molar-refractivity contribution in [1.29, 1.82) is 0 Å². The van der Waals surface area contributed by atoms with E-state index in [0.717, 1.165) is 56.6 Å². The molecule has 12 rings (SSSR count). The van der Waals surface area contributed by atoms with Gasteiger partial charge in [0, 0.05) is 67.0 Å². The molecule has 0 aliphatic heterocycles. The maximum absolute atomic E-state index is 2.37. The van der Waals surface area contributed by atoms with Crippen LogP contribution in [0.5, 0.6) is 0 Å². The number of hydrogen-bond acceptors (Lipinski definition) is 2. The quantitative estimate of drug-likeness (QED) is 0.144. The topological polar surface area (TPSA) is 16.3 Å². The molecule has 12 aromatic rings. The van der Waals surface area contributed by atoms with Crippen LogP contribution in [0.4, 0.5) is 34.1 Å². The van der Waals surface area contributed by atoms with Gasteiger partial charge in [-0.15, -0.1) is 0 Å². The van der Waals surface area contributed by atoms with Gasteiger partial charge >= 0.3 is 0 Å². The minimum atomic E-state index is 1.08. The fourth-order valence-corrected chi connectivity index (χ4v) is 9.61. The first-order valence-corrected chi connectivity index (χ1v) is 21.8. The Morgan fingerprint density at radius 3 is 0.969 bits per heavy atom. The average molecular weight is 819 g/mol. The predicted molar refractivity (Wildman–Crippen MR) is 270 cm³/mol. The Bertz CT molecular complexity index is 3370. The molecule has 0 unspecified atom stereocenters. The molecule has 0 spiro atoms. The van der Waals surface area contributed by atoms with E-state index < -0.39 is 0 Å². The third-order valence-electron chi connectivity index (χ3n) is 12.4. The molecule has 0 atom stereocenters. The largest absolute Gasteiger partial charge is 0.310 e. The van der Waals surface area contributed by atoms with Gasteiger partial charge in [-0.1, -0.05) is 133 Å². The summed E-state index contributed by atoms with van der Waals surface area (Å²) >= 11 is 0. The Hall–Kier alpha value is -8.60. The molecule has 64 heavy (non-hydrogen) atoms. The fourth-order valence-electron chi connectivity index (χ4n) is 9.61. The zero-order chi connectivity index (χ0) is 42.4. The second kappa shape index (κ2) is 15.7. The Labute approximate surface area is 372 Å². The van der Waals surface area contributed by atoms with Crippen molar-refractivity contribution < 1.29 is 0 Å². The van der Waals surface area contributed by atoms with E-state index in [4.69, 9.17) is 0 Å². The highest BCUT2D eigenvalue weighted by Gasteiger charge is 2.20. The number of fused-ring (bicyclic) bond motifs is 6. The number of para-hydroxylation sites is 6. The Morgan fingerprint density at radius 2 is 0.547 bits per heavy atom. The summed E-state index contributed by atoms with van der Waals surface area (Å²) in [7, 11) is 0. The van der Waals surface area contributed by atoms with E-state index in [9.17, 15) is 0 Å². The lowest BCUT2D eigenvalue weighted by atomic mass is 10.0. The Balaban J connectivity index is 0.972. The maximum atomic E-state index is 2.37. The van der Waals surface area contributed by atoms with Crippen LogP contribution in [0.2, 0.25) is 0 Å². The lowest BCUT2D eigenvalue weighted by Gasteiger charge is -2.27. The zero-order valence-corrected chi connectivity index (χ0v) is 35.0. The molecule has 0 bridgehead atoms. The van der Waals surface area contributed by atoms with E-state index in [2.05, 4.69) is 274 Å². The number of aromatic nitrogens is 2. The first kappa shape index (κ1) is 37.2. The average Bonchev–Trinajstić information content (AvgIpc) is 3.88. The van der Waals surface area contributed by atoms with Gasteiger partial charge in [0.2, 0.25) is 0 Å². The van der Waals surface area contributed by atoms with Crippen molar-refractivity contribution in [3.63, 3.8) is 0 Å². The summed E-state index contributed by atoms with van der Waals surface area (Å²) in [4.78, 5) is 4.75. The van der Waals surface area contributed by atoms with E-state index in [1.54, 1.807) is 0 Å². The molecule has 0 aliphatic rings. The van der Waals surface area contributed by atoms with E-state index in [1.165, 1.54) is 43.6 Å². The second-order valence-corrected chi connectivity index (χ2v) is 16.2. The molecule has 0 saturated carbocycles. The highest BCUT2D eigenvalue weighted by molar-refractivity contribution is 6.12. The monoisotopic (exact) mass is 818 g/mol. The normalized spacial score (nSPS) is 11.4. The van der Waals surface area contributed by atoms with Crippen LogP contribution in [0, 0.1) is 0 Å². The van der Waals surface area contributed by atoms with Gasteiger partial charge < -0.3 is 18.9 Å². The second-order valence-electron chi connectivity index (χ2n) is 16.2. The zero-order valence-electron chi connectivity index (χ0n) is 35.0. The van der Waals surface area contributed by atoms with Gasteiger partial charge in [0.05, 0.1) is 22.1 Å². The number of benzene rings is 10. The number of nitrogens with zero attached hydrogens (tertiary/aromatic N) is 4. The van der Waals surface area contributed by atoms with Gasteiger partial charge in [-0.3, -0.25) is 0 Å². The molecule has 302 valence electrons. The van der Waals surface area contributed by atoms with Crippen LogP contribution in [0.15, 0.2) is 255 Å². The molecule has 4 nitrogen and oxygen atoms in total.